The number of carbonyl (C=O) groups is 1. The quantitative estimate of drug-likeness (QED) is 0.514. The second-order valence-corrected chi connectivity index (χ2v) is 10.4. The van der Waals surface area contributed by atoms with E-state index in [0.29, 0.717) is 37.1 Å². The zero-order valence-electron chi connectivity index (χ0n) is 17.0. The van der Waals surface area contributed by atoms with Crippen LogP contribution in [0.25, 0.3) is 0 Å². The maximum Gasteiger partial charge on any atom is 0.252 e. The van der Waals surface area contributed by atoms with E-state index < -0.39 is 10.0 Å². The van der Waals surface area contributed by atoms with Crippen molar-refractivity contribution in [2.75, 3.05) is 45.9 Å². The van der Waals surface area contributed by atoms with Gasteiger partial charge in [0, 0.05) is 44.5 Å². The Kier molecular flexibility index (Phi) is 9.87. The summed E-state index contributed by atoms with van der Waals surface area (Å²) >= 11 is 1.24. The summed E-state index contributed by atoms with van der Waals surface area (Å²) in [6.07, 6.45) is 4.16. The van der Waals surface area contributed by atoms with Gasteiger partial charge < -0.3 is 10.1 Å². The van der Waals surface area contributed by atoms with Gasteiger partial charge in [-0.3, -0.25) is 9.69 Å². The molecule has 0 aliphatic carbocycles. The zero-order valence-corrected chi connectivity index (χ0v) is 18.6. The molecule has 2 heterocycles. The number of hydrogen-bond donors (Lipinski definition) is 1. The monoisotopic (exact) mass is 431 g/mol. The number of hydrogen-bond acceptors (Lipinski definition) is 6. The summed E-state index contributed by atoms with van der Waals surface area (Å²) in [5.74, 6) is -0.124. The van der Waals surface area contributed by atoms with Crippen LogP contribution in [0.3, 0.4) is 0 Å². The number of morpholine rings is 1. The van der Waals surface area contributed by atoms with E-state index in [-0.39, 0.29) is 5.91 Å². The normalized spacial score (nSPS) is 15.8. The summed E-state index contributed by atoms with van der Waals surface area (Å²) in [5, 5.41) is 2.72. The summed E-state index contributed by atoms with van der Waals surface area (Å²) in [6.45, 7) is 8.85. The van der Waals surface area contributed by atoms with E-state index in [1.165, 1.54) is 18.3 Å². The van der Waals surface area contributed by atoms with Crippen LogP contribution in [0.2, 0.25) is 0 Å². The smallest absolute Gasteiger partial charge is 0.252 e. The Morgan fingerprint density at radius 1 is 1.21 bits per heavy atom. The number of nitrogens with zero attached hydrogens (tertiary/aromatic N) is 2. The maximum absolute atomic E-state index is 13.2. The molecule has 0 aromatic carbocycles. The van der Waals surface area contributed by atoms with Gasteiger partial charge in [-0.2, -0.15) is 4.31 Å². The van der Waals surface area contributed by atoms with E-state index in [4.69, 9.17) is 4.74 Å². The first-order valence-corrected chi connectivity index (χ1v) is 12.3. The third kappa shape index (κ3) is 7.44. The molecule has 0 atom stereocenters. The van der Waals surface area contributed by atoms with E-state index in [2.05, 4.69) is 17.1 Å². The van der Waals surface area contributed by atoms with Crippen LogP contribution < -0.4 is 5.32 Å². The van der Waals surface area contributed by atoms with Gasteiger partial charge in [0.05, 0.1) is 19.8 Å². The first kappa shape index (κ1) is 23.3. The molecule has 0 saturated carbocycles. The molecular weight excluding hydrogens is 398 g/mol. The summed E-state index contributed by atoms with van der Waals surface area (Å²) in [7, 11) is -3.53. The molecule has 160 valence electrons. The molecule has 1 aliphatic rings. The topological polar surface area (TPSA) is 79.0 Å². The van der Waals surface area contributed by atoms with Gasteiger partial charge >= 0.3 is 0 Å². The molecule has 0 bridgehead atoms. The molecule has 0 unspecified atom stereocenters. The van der Waals surface area contributed by atoms with Crippen LogP contribution in [0.5, 0.6) is 0 Å². The standard InChI is InChI=1S/C19H33N3O4S2/c1-3-4-5-6-9-22(11-10-21-12-14-26-15-13-21)28(24,25)19-8-7-18(27-19)16-20-17(2)23/h7-8H,3-6,9-16H2,1-2H3,(H,20,23). The molecule has 1 aromatic rings. The Labute approximate surface area is 173 Å². The highest BCUT2D eigenvalue weighted by molar-refractivity contribution is 7.91. The fourth-order valence-electron chi connectivity index (χ4n) is 3.08. The minimum atomic E-state index is -3.53. The van der Waals surface area contributed by atoms with Crippen LogP contribution in [0.15, 0.2) is 16.3 Å². The maximum atomic E-state index is 13.2. The minimum Gasteiger partial charge on any atom is -0.379 e. The van der Waals surface area contributed by atoms with Crippen molar-refractivity contribution in [3.8, 4) is 0 Å². The van der Waals surface area contributed by atoms with Crippen molar-refractivity contribution in [2.45, 2.75) is 50.3 Å². The summed E-state index contributed by atoms with van der Waals surface area (Å²) < 4.78 is 33.8. The molecule has 1 fully saturated rings. The number of sulfonamides is 1. The van der Waals surface area contributed by atoms with Gasteiger partial charge in [-0.25, -0.2) is 8.42 Å². The molecule has 9 heteroatoms. The summed E-state index contributed by atoms with van der Waals surface area (Å²) in [4.78, 5) is 14.2. The average Bonchev–Trinajstić information content (AvgIpc) is 3.16. The first-order valence-electron chi connectivity index (χ1n) is 10.1. The number of thiophene rings is 1. The van der Waals surface area contributed by atoms with Crippen LogP contribution in [-0.2, 0) is 26.1 Å². The second kappa shape index (κ2) is 11.9. The van der Waals surface area contributed by atoms with Crippen LogP contribution >= 0.6 is 11.3 Å². The van der Waals surface area contributed by atoms with Crippen molar-refractivity contribution >= 4 is 27.3 Å². The molecule has 1 aliphatic heterocycles. The minimum absolute atomic E-state index is 0.124. The van der Waals surface area contributed by atoms with Crippen molar-refractivity contribution in [3.05, 3.63) is 17.0 Å². The second-order valence-electron chi connectivity index (χ2n) is 7.05. The largest absolute Gasteiger partial charge is 0.379 e. The van der Waals surface area contributed by atoms with E-state index in [1.54, 1.807) is 16.4 Å². The van der Waals surface area contributed by atoms with E-state index in [0.717, 1.165) is 50.2 Å². The SMILES string of the molecule is CCCCCCN(CCN1CCOCC1)S(=O)(=O)c1ccc(CNC(C)=O)s1. The molecule has 0 radical (unpaired) electrons. The van der Waals surface area contributed by atoms with Crippen LogP contribution in [-0.4, -0.2) is 69.5 Å². The third-order valence-electron chi connectivity index (χ3n) is 4.77. The fraction of sp³-hybridized carbons (Fsp3) is 0.737. The predicted octanol–water partition coefficient (Wildman–Crippen LogP) is 2.29. The molecule has 1 amide bonds. The van der Waals surface area contributed by atoms with Gasteiger partial charge in [0.2, 0.25) is 5.91 Å². The fourth-order valence-corrected chi connectivity index (χ4v) is 5.99. The van der Waals surface area contributed by atoms with Gasteiger partial charge in [-0.15, -0.1) is 11.3 Å². The van der Waals surface area contributed by atoms with Gasteiger partial charge in [-0.05, 0) is 18.6 Å². The van der Waals surface area contributed by atoms with Crippen LogP contribution in [0.1, 0.15) is 44.4 Å². The highest BCUT2D eigenvalue weighted by Gasteiger charge is 2.26. The average molecular weight is 432 g/mol. The number of rotatable bonds is 12. The Bertz CT molecular complexity index is 700. The lowest BCUT2D eigenvalue weighted by molar-refractivity contribution is -0.119. The first-order chi connectivity index (χ1) is 13.4. The Hall–Kier alpha value is -1.00. The van der Waals surface area contributed by atoms with Crippen molar-refractivity contribution in [1.82, 2.24) is 14.5 Å². The molecular formula is C19H33N3O4S2. The summed E-state index contributed by atoms with van der Waals surface area (Å²) in [6, 6.07) is 3.44. The van der Waals surface area contributed by atoms with E-state index >= 15 is 0 Å². The van der Waals surface area contributed by atoms with Gasteiger partial charge in [-0.1, -0.05) is 26.2 Å². The molecule has 1 aromatic heterocycles. The molecule has 1 saturated heterocycles. The zero-order chi connectivity index (χ0) is 20.4. The highest BCUT2D eigenvalue weighted by Crippen LogP contribution is 2.25. The van der Waals surface area contributed by atoms with Crippen LogP contribution in [0, 0.1) is 0 Å². The van der Waals surface area contributed by atoms with Crippen molar-refractivity contribution in [1.29, 1.82) is 0 Å². The third-order valence-corrected chi connectivity index (χ3v) is 8.22. The number of carbonyl (C=O) groups excluding carboxylic acids is 1. The Morgan fingerprint density at radius 2 is 1.96 bits per heavy atom. The van der Waals surface area contributed by atoms with Gasteiger partial charge in [0.1, 0.15) is 4.21 Å². The number of unbranched alkanes of at least 4 members (excludes halogenated alkanes) is 3. The Morgan fingerprint density at radius 3 is 2.64 bits per heavy atom. The number of nitrogens with one attached hydrogen (secondary N) is 1. The molecule has 7 nitrogen and oxygen atoms in total. The molecule has 0 spiro atoms. The molecule has 28 heavy (non-hydrogen) atoms. The van der Waals surface area contributed by atoms with E-state index in [1.807, 2.05) is 0 Å². The van der Waals surface area contributed by atoms with E-state index in [9.17, 15) is 13.2 Å². The Balaban J connectivity index is 2.03. The van der Waals surface area contributed by atoms with Crippen LogP contribution in [0.4, 0.5) is 0 Å². The number of ether oxygens (including phenoxy) is 1. The lowest BCUT2D eigenvalue weighted by atomic mass is 10.2. The molecule has 1 N–H and O–H groups in total. The van der Waals surface area contributed by atoms with Gasteiger partial charge in [0.15, 0.2) is 0 Å². The summed E-state index contributed by atoms with van der Waals surface area (Å²) in [5.41, 5.74) is 0. The van der Waals surface area contributed by atoms with Crippen molar-refractivity contribution < 1.29 is 17.9 Å². The highest BCUT2D eigenvalue weighted by atomic mass is 32.2. The lowest BCUT2D eigenvalue weighted by Gasteiger charge is -2.29. The van der Waals surface area contributed by atoms with Crippen molar-refractivity contribution in [3.63, 3.8) is 0 Å². The number of amides is 1. The van der Waals surface area contributed by atoms with Crippen molar-refractivity contribution in [2.24, 2.45) is 0 Å². The molecule has 2 rings (SSSR count). The lowest BCUT2D eigenvalue weighted by Crippen LogP contribution is -2.43. The van der Waals surface area contributed by atoms with Gasteiger partial charge in [0.25, 0.3) is 10.0 Å². The predicted molar refractivity (Wildman–Crippen MR) is 112 cm³/mol.